The van der Waals surface area contributed by atoms with Crippen LogP contribution < -0.4 is 4.84 Å². The van der Waals surface area contributed by atoms with Crippen molar-refractivity contribution in [3.05, 3.63) is 34.7 Å². The Balaban J connectivity index is 2.80. The minimum absolute atomic E-state index is 0.280. The molecule has 0 aliphatic heterocycles. The fourth-order valence-corrected chi connectivity index (χ4v) is 0.813. The van der Waals surface area contributed by atoms with Crippen molar-refractivity contribution in [2.75, 3.05) is 7.11 Å². The van der Waals surface area contributed by atoms with E-state index in [1.807, 2.05) is 0 Å². The number of methoxy groups -OCH3 is 1. The number of nitrogens with zero attached hydrogens (tertiary/aromatic N) is 1. The molecule has 0 aliphatic carbocycles. The van der Waals surface area contributed by atoms with Crippen LogP contribution in [0.3, 0.4) is 0 Å². The first-order valence-electron chi connectivity index (χ1n) is 3.46. The topological polar surface area (TPSA) is 65.0 Å². The van der Waals surface area contributed by atoms with Crippen LogP contribution in [0.15, 0.2) is 29.6 Å². The highest BCUT2D eigenvalue weighted by atomic mass is 16.7. The van der Waals surface area contributed by atoms with Crippen molar-refractivity contribution >= 4 is 5.97 Å². The third-order valence-electron chi connectivity index (χ3n) is 1.42. The number of esters is 1. The van der Waals surface area contributed by atoms with Crippen LogP contribution in [0.4, 0.5) is 0 Å². The molecule has 1 aromatic rings. The lowest BCUT2D eigenvalue weighted by atomic mass is 10.2. The van der Waals surface area contributed by atoms with E-state index in [0.717, 1.165) is 0 Å². The Kier molecular flexibility index (Phi) is 2.97. The van der Waals surface area contributed by atoms with Gasteiger partial charge in [0.2, 0.25) is 0 Å². The van der Waals surface area contributed by atoms with Crippen LogP contribution in [0.1, 0.15) is 10.4 Å². The number of rotatable bonds is 3. The van der Waals surface area contributed by atoms with Crippen LogP contribution in [-0.2, 0) is 4.74 Å². The molecule has 5 heteroatoms. The van der Waals surface area contributed by atoms with Gasteiger partial charge in [0.05, 0.1) is 12.7 Å². The van der Waals surface area contributed by atoms with E-state index in [2.05, 4.69) is 14.9 Å². The lowest BCUT2D eigenvalue weighted by Gasteiger charge is -1.98. The zero-order chi connectivity index (χ0) is 9.68. The first-order chi connectivity index (χ1) is 6.27. The SMILES string of the molecule is COC(=O)c1ccc(ON=O)cc1. The van der Waals surface area contributed by atoms with Crippen molar-refractivity contribution in [3.63, 3.8) is 0 Å². The number of hydrogen-bond acceptors (Lipinski definition) is 5. The minimum atomic E-state index is -0.439. The summed E-state index contributed by atoms with van der Waals surface area (Å²) in [6, 6.07) is 5.86. The first-order valence-corrected chi connectivity index (χ1v) is 3.46. The van der Waals surface area contributed by atoms with Crippen molar-refractivity contribution in [1.82, 2.24) is 0 Å². The summed E-state index contributed by atoms with van der Waals surface area (Å²) in [7, 11) is 1.29. The summed E-state index contributed by atoms with van der Waals surface area (Å²) in [4.78, 5) is 24.9. The van der Waals surface area contributed by atoms with Gasteiger partial charge in [-0.1, -0.05) is 0 Å². The van der Waals surface area contributed by atoms with E-state index in [9.17, 15) is 9.70 Å². The first kappa shape index (κ1) is 9.18. The van der Waals surface area contributed by atoms with Gasteiger partial charge in [0.15, 0.2) is 11.1 Å². The molecule has 0 heterocycles. The highest BCUT2D eigenvalue weighted by Crippen LogP contribution is 2.12. The Hall–Kier alpha value is -1.91. The van der Waals surface area contributed by atoms with Gasteiger partial charge >= 0.3 is 5.97 Å². The standard InChI is InChI=1S/C8H7NO4/c1-12-8(10)6-2-4-7(5-3-6)13-9-11/h2-5H,1H3. The van der Waals surface area contributed by atoms with E-state index in [1.54, 1.807) is 0 Å². The molecule has 0 saturated heterocycles. The van der Waals surface area contributed by atoms with Crippen LogP contribution in [-0.4, -0.2) is 13.1 Å². The summed E-state index contributed by atoms with van der Waals surface area (Å²) < 4.78 is 4.47. The van der Waals surface area contributed by atoms with E-state index in [-0.39, 0.29) is 5.75 Å². The van der Waals surface area contributed by atoms with Gasteiger partial charge in [-0.2, -0.15) is 0 Å². The number of carbonyl (C=O) groups excluding carboxylic acids is 1. The molecule has 68 valence electrons. The maximum atomic E-state index is 10.9. The predicted octanol–water partition coefficient (Wildman–Crippen LogP) is 1.53. The molecule has 0 amide bonds. The molecule has 0 unspecified atom stereocenters. The average Bonchev–Trinajstić information content (AvgIpc) is 2.18. The fourth-order valence-electron chi connectivity index (χ4n) is 0.813. The third-order valence-corrected chi connectivity index (χ3v) is 1.42. The van der Waals surface area contributed by atoms with Crippen molar-refractivity contribution < 1.29 is 14.4 Å². The van der Waals surface area contributed by atoms with Crippen LogP contribution >= 0.6 is 0 Å². The maximum Gasteiger partial charge on any atom is 0.337 e. The molecule has 1 rings (SSSR count). The molecular weight excluding hydrogens is 174 g/mol. The lowest BCUT2D eigenvalue weighted by molar-refractivity contribution is 0.0600. The zero-order valence-corrected chi connectivity index (χ0v) is 6.89. The normalized spacial score (nSPS) is 9.00. The molecular formula is C8H7NO4. The van der Waals surface area contributed by atoms with Crippen molar-refractivity contribution in [1.29, 1.82) is 0 Å². The molecule has 0 fully saturated rings. The molecule has 1 aromatic carbocycles. The Morgan fingerprint density at radius 3 is 2.38 bits per heavy atom. The zero-order valence-electron chi connectivity index (χ0n) is 6.89. The van der Waals surface area contributed by atoms with Gasteiger partial charge in [0.1, 0.15) is 0 Å². The average molecular weight is 181 g/mol. The maximum absolute atomic E-state index is 10.9. The second-order valence-corrected chi connectivity index (χ2v) is 2.18. The summed E-state index contributed by atoms with van der Waals surface area (Å²) in [5.74, 6) is -0.159. The minimum Gasteiger partial charge on any atom is -0.465 e. The second-order valence-electron chi connectivity index (χ2n) is 2.18. The molecule has 0 aliphatic rings. The molecule has 0 N–H and O–H groups in total. The number of hydrogen-bond donors (Lipinski definition) is 0. The van der Waals surface area contributed by atoms with Gasteiger partial charge in [-0.25, -0.2) is 4.79 Å². The van der Waals surface area contributed by atoms with Crippen LogP contribution in [0.25, 0.3) is 0 Å². The largest absolute Gasteiger partial charge is 0.465 e. The van der Waals surface area contributed by atoms with E-state index in [0.29, 0.717) is 5.56 Å². The second kappa shape index (κ2) is 4.20. The van der Waals surface area contributed by atoms with Gasteiger partial charge < -0.3 is 9.57 Å². The summed E-state index contributed by atoms with van der Waals surface area (Å²) >= 11 is 0. The summed E-state index contributed by atoms with van der Waals surface area (Å²) in [5.41, 5.74) is 0.390. The van der Waals surface area contributed by atoms with E-state index in [4.69, 9.17) is 0 Å². The monoisotopic (exact) mass is 181 g/mol. The molecule has 0 atom stereocenters. The Morgan fingerprint density at radius 2 is 1.92 bits per heavy atom. The van der Waals surface area contributed by atoms with Crippen molar-refractivity contribution in [2.45, 2.75) is 0 Å². The molecule has 5 nitrogen and oxygen atoms in total. The van der Waals surface area contributed by atoms with Gasteiger partial charge in [-0.05, 0) is 24.3 Å². The molecule has 0 radical (unpaired) electrons. The molecule has 0 aromatic heterocycles. The van der Waals surface area contributed by atoms with Gasteiger partial charge in [-0.15, -0.1) is 4.91 Å². The van der Waals surface area contributed by atoms with Gasteiger partial charge in [0.25, 0.3) is 0 Å². The van der Waals surface area contributed by atoms with E-state index < -0.39 is 5.97 Å². The summed E-state index contributed by atoms with van der Waals surface area (Å²) in [5, 5.41) is 2.23. The van der Waals surface area contributed by atoms with Crippen LogP contribution in [0.2, 0.25) is 0 Å². The van der Waals surface area contributed by atoms with E-state index in [1.165, 1.54) is 31.4 Å². The quantitative estimate of drug-likeness (QED) is 0.403. The smallest absolute Gasteiger partial charge is 0.337 e. The van der Waals surface area contributed by atoms with Crippen molar-refractivity contribution in [2.24, 2.45) is 5.34 Å². The van der Waals surface area contributed by atoms with Crippen LogP contribution in [0, 0.1) is 4.91 Å². The molecule has 0 saturated carbocycles. The Morgan fingerprint density at radius 1 is 1.31 bits per heavy atom. The summed E-state index contributed by atoms with van der Waals surface area (Å²) in [6.45, 7) is 0. The predicted molar refractivity (Wildman–Crippen MR) is 44.2 cm³/mol. The molecule has 0 bridgehead atoms. The van der Waals surface area contributed by atoms with Crippen molar-refractivity contribution in [3.8, 4) is 5.75 Å². The van der Waals surface area contributed by atoms with Gasteiger partial charge in [-0.3, -0.25) is 0 Å². The molecule has 13 heavy (non-hydrogen) atoms. The number of ether oxygens (including phenoxy) is 1. The fraction of sp³-hybridized carbons (Fsp3) is 0.125. The molecule has 0 spiro atoms. The lowest BCUT2D eigenvalue weighted by Crippen LogP contribution is -2.00. The summed E-state index contributed by atoms with van der Waals surface area (Å²) in [6.07, 6.45) is 0. The van der Waals surface area contributed by atoms with E-state index >= 15 is 0 Å². The van der Waals surface area contributed by atoms with Crippen LogP contribution in [0.5, 0.6) is 5.75 Å². The highest BCUT2D eigenvalue weighted by molar-refractivity contribution is 5.89. The van der Waals surface area contributed by atoms with Gasteiger partial charge in [0, 0.05) is 0 Å². The Labute approximate surface area is 74.2 Å². The highest BCUT2D eigenvalue weighted by Gasteiger charge is 2.04. The Bertz CT molecular complexity index is 306. The number of benzene rings is 1. The number of carbonyl (C=O) groups is 1. The third kappa shape index (κ3) is 2.26.